The van der Waals surface area contributed by atoms with E-state index in [0.717, 1.165) is 16.5 Å². The second kappa shape index (κ2) is 10.2. The predicted molar refractivity (Wildman–Crippen MR) is 147 cm³/mol. The van der Waals surface area contributed by atoms with Gasteiger partial charge in [0, 0.05) is 56.7 Å². The number of aryl methyl sites for hydroxylation is 2. The third-order valence-corrected chi connectivity index (χ3v) is 6.86. The van der Waals surface area contributed by atoms with Crippen molar-refractivity contribution >= 4 is 28.7 Å². The average Bonchev–Trinajstić information content (AvgIpc) is 3.49. The Bertz CT molecular complexity index is 1540. The summed E-state index contributed by atoms with van der Waals surface area (Å²) in [5, 5.41) is 5.06. The van der Waals surface area contributed by atoms with Gasteiger partial charge in [-0.05, 0) is 63.4 Å². The van der Waals surface area contributed by atoms with Gasteiger partial charge in [-0.25, -0.2) is 14.2 Å². The van der Waals surface area contributed by atoms with Crippen molar-refractivity contribution in [3.05, 3.63) is 66.5 Å². The number of piperidine rings is 1. The van der Waals surface area contributed by atoms with Crippen molar-refractivity contribution in [2.75, 3.05) is 18.0 Å². The first-order chi connectivity index (χ1) is 18.5. The molecule has 0 spiro atoms. The molecule has 1 fully saturated rings. The molecular weight excluding hydrogens is 499 g/mol. The van der Waals surface area contributed by atoms with Crippen molar-refractivity contribution in [3.63, 3.8) is 0 Å². The molecular formula is C29H33FN6O3. The van der Waals surface area contributed by atoms with E-state index in [1.54, 1.807) is 46.2 Å². The Hall–Kier alpha value is -4.21. The number of aromatic nitrogens is 4. The fourth-order valence-corrected chi connectivity index (χ4v) is 5.06. The number of hydrogen-bond acceptors (Lipinski definition) is 5. The van der Waals surface area contributed by atoms with Crippen LogP contribution in [0, 0.1) is 5.82 Å². The Morgan fingerprint density at radius 2 is 1.92 bits per heavy atom. The zero-order valence-corrected chi connectivity index (χ0v) is 22.9. The summed E-state index contributed by atoms with van der Waals surface area (Å²) in [6, 6.07) is 7.97. The van der Waals surface area contributed by atoms with E-state index in [9.17, 15) is 9.59 Å². The van der Waals surface area contributed by atoms with Gasteiger partial charge in [0.25, 0.3) is 5.91 Å². The molecule has 1 aliphatic heterocycles. The highest BCUT2D eigenvalue weighted by molar-refractivity contribution is 6.10. The van der Waals surface area contributed by atoms with Crippen LogP contribution in [0.25, 0.3) is 22.0 Å². The second-order valence-corrected chi connectivity index (χ2v) is 11.0. The molecule has 3 aromatic heterocycles. The van der Waals surface area contributed by atoms with Crippen molar-refractivity contribution in [1.82, 2.24) is 24.2 Å². The fourth-order valence-electron chi connectivity index (χ4n) is 5.06. The molecule has 2 amide bonds. The predicted octanol–water partition coefficient (Wildman–Crippen LogP) is 5.16. The Labute approximate surface area is 226 Å². The maximum atomic E-state index is 15.6. The largest absolute Gasteiger partial charge is 0.444 e. The molecule has 1 aliphatic rings. The third kappa shape index (κ3) is 5.36. The van der Waals surface area contributed by atoms with Crippen LogP contribution < -0.4 is 4.90 Å². The molecule has 4 heterocycles. The summed E-state index contributed by atoms with van der Waals surface area (Å²) in [5.74, 6) is -0.718. The lowest BCUT2D eigenvalue weighted by atomic mass is 10.0. The first-order valence-corrected chi connectivity index (χ1v) is 13.0. The number of fused-ring (bicyclic) bond motifs is 1. The highest BCUT2D eigenvalue weighted by Gasteiger charge is 2.36. The van der Waals surface area contributed by atoms with Crippen molar-refractivity contribution in [2.45, 2.75) is 45.3 Å². The van der Waals surface area contributed by atoms with Crippen molar-refractivity contribution in [3.8, 4) is 11.1 Å². The van der Waals surface area contributed by atoms with Gasteiger partial charge in [-0.3, -0.25) is 14.4 Å². The molecule has 1 atom stereocenters. The monoisotopic (exact) mass is 532 g/mol. The fraction of sp³-hybridized carbons (Fsp3) is 0.379. The quantitative estimate of drug-likeness (QED) is 0.363. The minimum Gasteiger partial charge on any atom is -0.444 e. The van der Waals surface area contributed by atoms with Crippen LogP contribution in [0.5, 0.6) is 0 Å². The molecule has 0 unspecified atom stereocenters. The van der Waals surface area contributed by atoms with Gasteiger partial charge < -0.3 is 14.2 Å². The number of likely N-dealkylation sites (tertiary alicyclic amines) is 1. The van der Waals surface area contributed by atoms with Crippen LogP contribution >= 0.6 is 0 Å². The number of anilines is 1. The molecule has 10 heteroatoms. The number of carbonyl (C=O) groups excluding carboxylic acids is 2. The summed E-state index contributed by atoms with van der Waals surface area (Å²) >= 11 is 0. The Morgan fingerprint density at radius 3 is 2.62 bits per heavy atom. The van der Waals surface area contributed by atoms with Crippen LogP contribution in [0.1, 0.15) is 44.0 Å². The smallest absolute Gasteiger partial charge is 0.410 e. The van der Waals surface area contributed by atoms with E-state index < -0.39 is 29.5 Å². The first kappa shape index (κ1) is 26.4. The van der Waals surface area contributed by atoms with Crippen LogP contribution in [-0.4, -0.2) is 61.0 Å². The van der Waals surface area contributed by atoms with Gasteiger partial charge in [0.1, 0.15) is 11.4 Å². The van der Waals surface area contributed by atoms with Gasteiger partial charge in [0.2, 0.25) is 0 Å². The number of hydrogen-bond donors (Lipinski definition) is 0. The van der Waals surface area contributed by atoms with Gasteiger partial charge in [0.05, 0.1) is 23.3 Å². The summed E-state index contributed by atoms with van der Waals surface area (Å²) in [4.78, 5) is 34.9. The van der Waals surface area contributed by atoms with Crippen molar-refractivity contribution in [1.29, 1.82) is 0 Å². The van der Waals surface area contributed by atoms with Crippen LogP contribution in [0.3, 0.4) is 0 Å². The maximum Gasteiger partial charge on any atom is 0.410 e. The Morgan fingerprint density at radius 1 is 1.13 bits per heavy atom. The highest BCUT2D eigenvalue weighted by Crippen LogP contribution is 2.32. The number of amides is 2. The molecule has 9 nitrogen and oxygen atoms in total. The van der Waals surface area contributed by atoms with E-state index in [-0.39, 0.29) is 12.1 Å². The molecule has 0 saturated carbocycles. The van der Waals surface area contributed by atoms with Crippen LogP contribution in [0.15, 0.2) is 55.1 Å². The normalized spacial score (nSPS) is 15.9. The number of benzene rings is 1. The molecule has 5 rings (SSSR count). The second-order valence-electron chi connectivity index (χ2n) is 11.0. The highest BCUT2D eigenvalue weighted by atomic mass is 19.1. The summed E-state index contributed by atoms with van der Waals surface area (Å²) in [6.45, 7) is 6.22. The molecule has 1 aromatic carbocycles. The topological polar surface area (TPSA) is 85.5 Å². The zero-order chi connectivity index (χ0) is 27.9. The van der Waals surface area contributed by atoms with Crippen molar-refractivity contribution < 1.29 is 18.7 Å². The van der Waals surface area contributed by atoms with E-state index in [2.05, 4.69) is 10.1 Å². The van der Waals surface area contributed by atoms with E-state index in [0.29, 0.717) is 30.8 Å². The van der Waals surface area contributed by atoms with Crippen LogP contribution in [0.2, 0.25) is 0 Å². The zero-order valence-electron chi connectivity index (χ0n) is 22.9. The van der Waals surface area contributed by atoms with Gasteiger partial charge >= 0.3 is 6.09 Å². The molecule has 1 saturated heterocycles. The Balaban J connectivity index is 1.55. The number of ether oxygens (including phenoxy) is 1. The van der Waals surface area contributed by atoms with Crippen molar-refractivity contribution in [2.24, 2.45) is 14.1 Å². The van der Waals surface area contributed by atoms with Gasteiger partial charge in [-0.2, -0.15) is 5.10 Å². The number of pyridine rings is 1. The van der Waals surface area contributed by atoms with E-state index in [1.165, 1.54) is 12.1 Å². The average molecular weight is 533 g/mol. The molecule has 0 radical (unpaired) electrons. The number of carbonyl (C=O) groups is 2. The molecule has 4 aromatic rings. The standard InChI is InChI=1S/C29H33FN6O3/c1-29(2,3)39-28(38)35-13-6-7-22(18-35)36(26-25-19(10-12-31-26)11-14-33(25)4)27(37)23-9-8-20(15-24(23)30)21-16-32-34(5)17-21/h8-12,14-17,22H,6-7,13,18H2,1-5H3/t22-/m1/s1. The lowest BCUT2D eigenvalue weighted by Crippen LogP contribution is -2.53. The third-order valence-electron chi connectivity index (χ3n) is 6.86. The van der Waals surface area contributed by atoms with E-state index >= 15 is 4.39 Å². The molecule has 204 valence electrons. The summed E-state index contributed by atoms with van der Waals surface area (Å²) in [6.07, 6.45) is 7.84. The van der Waals surface area contributed by atoms with Gasteiger partial charge in [-0.1, -0.05) is 6.07 Å². The lowest BCUT2D eigenvalue weighted by Gasteiger charge is -2.39. The first-order valence-electron chi connectivity index (χ1n) is 13.0. The van der Waals surface area contributed by atoms with Crippen LogP contribution in [-0.2, 0) is 18.8 Å². The van der Waals surface area contributed by atoms with Gasteiger partial charge in [0.15, 0.2) is 5.82 Å². The molecule has 0 aliphatic carbocycles. The number of halogens is 1. The number of nitrogens with zero attached hydrogens (tertiary/aromatic N) is 6. The summed E-state index contributed by atoms with van der Waals surface area (Å²) in [5.41, 5.74) is 1.43. The number of rotatable bonds is 4. The summed E-state index contributed by atoms with van der Waals surface area (Å²) < 4.78 is 24.7. The van der Waals surface area contributed by atoms with Crippen LogP contribution in [0.4, 0.5) is 15.0 Å². The SMILES string of the molecule is Cn1cc(-c2ccc(C(=O)N(c3nccc4ccn(C)c34)[C@@H]3CCCN(C(=O)OC(C)(C)C)C3)c(F)c2)cn1. The van der Waals surface area contributed by atoms with Gasteiger partial charge in [-0.15, -0.1) is 0 Å². The lowest BCUT2D eigenvalue weighted by molar-refractivity contribution is 0.0196. The minimum absolute atomic E-state index is 0.0648. The van der Waals surface area contributed by atoms with E-state index in [1.807, 2.05) is 50.7 Å². The molecule has 0 bridgehead atoms. The molecule has 39 heavy (non-hydrogen) atoms. The van der Waals surface area contributed by atoms with E-state index in [4.69, 9.17) is 4.74 Å². The maximum absolute atomic E-state index is 15.6. The summed E-state index contributed by atoms with van der Waals surface area (Å²) in [7, 11) is 3.67. The minimum atomic E-state index is -0.644. The Kier molecular flexibility index (Phi) is 6.88. The molecule has 0 N–H and O–H groups in total.